The van der Waals surface area contributed by atoms with E-state index < -0.39 is 32.5 Å². The van der Waals surface area contributed by atoms with Gasteiger partial charge in [-0.25, -0.2) is 4.57 Å². The molecule has 338 valence electrons. The lowest BCUT2D eigenvalue weighted by Crippen LogP contribution is -2.29. The van der Waals surface area contributed by atoms with Crippen LogP contribution in [0.1, 0.15) is 213 Å². The van der Waals surface area contributed by atoms with Crippen LogP contribution in [0.15, 0.2) is 48.6 Å². The fraction of sp³-hybridized carbons (Fsp3) is 0.792. The lowest BCUT2D eigenvalue weighted by atomic mass is 10.0. The molecule has 0 aromatic heterocycles. The van der Waals surface area contributed by atoms with Gasteiger partial charge in [-0.15, -0.1) is 0 Å². The lowest BCUT2D eigenvalue weighted by Gasteiger charge is -2.19. The van der Waals surface area contributed by atoms with Crippen molar-refractivity contribution in [3.05, 3.63) is 48.6 Å². The molecule has 0 aromatic carbocycles. The zero-order chi connectivity index (χ0) is 42.5. The van der Waals surface area contributed by atoms with Crippen LogP contribution in [-0.2, 0) is 32.7 Å². The van der Waals surface area contributed by atoms with Crippen molar-refractivity contribution in [3.63, 3.8) is 0 Å². The predicted octanol–water partition coefficient (Wildman–Crippen LogP) is 13.9. The molecule has 0 saturated carbocycles. The molecule has 3 N–H and O–H groups in total. The Morgan fingerprint density at radius 1 is 0.517 bits per heavy atom. The average Bonchev–Trinajstić information content (AvgIpc) is 3.21. The van der Waals surface area contributed by atoms with Gasteiger partial charge in [0.05, 0.1) is 13.2 Å². The van der Waals surface area contributed by atoms with Crippen LogP contribution in [0.2, 0.25) is 0 Å². The summed E-state index contributed by atoms with van der Waals surface area (Å²) in [4.78, 5) is 34.9. The largest absolute Gasteiger partial charge is 0.472 e. The third kappa shape index (κ3) is 43.5. The van der Waals surface area contributed by atoms with Gasteiger partial charge in [-0.2, -0.15) is 0 Å². The number of rotatable bonds is 44. The Balaban J connectivity index is 4.12. The third-order valence-corrected chi connectivity index (χ3v) is 10.9. The highest BCUT2D eigenvalue weighted by molar-refractivity contribution is 7.47. The van der Waals surface area contributed by atoms with Crippen molar-refractivity contribution in [2.75, 3.05) is 26.4 Å². The number of phosphoric ester groups is 1. The van der Waals surface area contributed by atoms with Crippen molar-refractivity contribution in [3.8, 4) is 0 Å². The van der Waals surface area contributed by atoms with Crippen molar-refractivity contribution < 1.29 is 37.6 Å². The van der Waals surface area contributed by atoms with Crippen LogP contribution in [-0.4, -0.2) is 49.3 Å². The zero-order valence-corrected chi connectivity index (χ0v) is 38.2. The summed E-state index contributed by atoms with van der Waals surface area (Å²) in [6, 6.07) is 0. The maximum Gasteiger partial charge on any atom is 0.472 e. The van der Waals surface area contributed by atoms with Gasteiger partial charge in [0.25, 0.3) is 0 Å². The SMILES string of the molecule is CCCC/C=C/C/C=C/CCCCCCCC(=O)O[C@@H](COC(=O)CCC/C=C/CC/C=C/CCCCCCCCCCCCCCCC)COP(=O)(O)OCCN. The summed E-state index contributed by atoms with van der Waals surface area (Å²) in [6.07, 6.45) is 51.6. The molecule has 0 saturated heterocycles. The highest BCUT2D eigenvalue weighted by Crippen LogP contribution is 2.43. The van der Waals surface area contributed by atoms with E-state index in [1.165, 1.54) is 103 Å². The predicted molar refractivity (Wildman–Crippen MR) is 243 cm³/mol. The van der Waals surface area contributed by atoms with Crippen molar-refractivity contribution in [1.82, 2.24) is 0 Å². The molecule has 0 aliphatic carbocycles. The average molecular weight is 838 g/mol. The van der Waals surface area contributed by atoms with E-state index in [4.69, 9.17) is 24.3 Å². The van der Waals surface area contributed by atoms with Crippen molar-refractivity contribution in [2.24, 2.45) is 5.73 Å². The minimum atomic E-state index is -4.39. The standard InChI is InChI=1S/C48H88NO8P/c1-3-5-7-9-11-13-15-17-19-20-21-22-23-24-25-26-27-29-30-32-34-36-38-40-47(50)54-44-46(45-56-58(52,53)55-43-42-49)57-48(51)41-39-37-35-33-31-28-18-16-14-12-10-8-6-4-2/h10,12,16,18,26-27,32,34,46H,3-9,11,13-15,17,19-25,28-31,33,35-45,49H2,1-2H3,(H,52,53)/b12-10+,18-16+,27-26+,34-32+/t46-/m0/s1. The van der Waals surface area contributed by atoms with Crippen molar-refractivity contribution in [2.45, 2.75) is 219 Å². The molecule has 0 aliphatic heterocycles. The molecule has 0 radical (unpaired) electrons. The highest BCUT2D eigenvalue weighted by Gasteiger charge is 2.26. The Hall–Kier alpha value is -2.03. The van der Waals surface area contributed by atoms with E-state index in [0.29, 0.717) is 12.8 Å². The molecular formula is C48H88NO8P. The molecule has 9 nitrogen and oxygen atoms in total. The zero-order valence-electron chi connectivity index (χ0n) is 37.3. The van der Waals surface area contributed by atoms with Gasteiger partial charge < -0.3 is 20.1 Å². The van der Waals surface area contributed by atoms with Gasteiger partial charge in [0.15, 0.2) is 6.10 Å². The molecule has 2 atom stereocenters. The smallest absolute Gasteiger partial charge is 0.462 e. The van der Waals surface area contributed by atoms with Gasteiger partial charge in [0.1, 0.15) is 6.61 Å². The highest BCUT2D eigenvalue weighted by atomic mass is 31.2. The number of allylic oxidation sites excluding steroid dienone is 8. The van der Waals surface area contributed by atoms with Crippen LogP contribution in [0, 0.1) is 0 Å². The van der Waals surface area contributed by atoms with Gasteiger partial charge >= 0.3 is 19.8 Å². The first-order chi connectivity index (χ1) is 28.3. The summed E-state index contributed by atoms with van der Waals surface area (Å²) >= 11 is 0. The van der Waals surface area contributed by atoms with Crippen molar-refractivity contribution in [1.29, 1.82) is 0 Å². The van der Waals surface area contributed by atoms with E-state index in [-0.39, 0.29) is 32.6 Å². The summed E-state index contributed by atoms with van der Waals surface area (Å²) < 4.78 is 32.8. The van der Waals surface area contributed by atoms with Gasteiger partial charge in [0, 0.05) is 19.4 Å². The van der Waals surface area contributed by atoms with E-state index in [0.717, 1.165) is 70.6 Å². The molecule has 10 heteroatoms. The molecule has 0 amide bonds. The summed E-state index contributed by atoms with van der Waals surface area (Å²) in [6.45, 7) is 3.64. The number of nitrogens with two attached hydrogens (primary N) is 1. The molecule has 0 fully saturated rings. The fourth-order valence-corrected chi connectivity index (χ4v) is 7.14. The number of unbranched alkanes of at least 4 members (excludes halogenated alkanes) is 23. The number of ether oxygens (including phenoxy) is 2. The number of phosphoric acid groups is 1. The van der Waals surface area contributed by atoms with Crippen LogP contribution >= 0.6 is 7.82 Å². The van der Waals surface area contributed by atoms with E-state index in [2.05, 4.69) is 62.5 Å². The molecule has 0 aromatic rings. The second-order valence-electron chi connectivity index (χ2n) is 15.6. The number of hydrogen-bond donors (Lipinski definition) is 2. The third-order valence-electron chi connectivity index (χ3n) is 9.92. The van der Waals surface area contributed by atoms with Crippen LogP contribution in [0.5, 0.6) is 0 Å². The van der Waals surface area contributed by atoms with Gasteiger partial charge in [0.2, 0.25) is 0 Å². The monoisotopic (exact) mass is 838 g/mol. The first-order valence-corrected chi connectivity index (χ1v) is 25.1. The maximum atomic E-state index is 12.6. The summed E-state index contributed by atoms with van der Waals surface area (Å²) in [5.41, 5.74) is 5.35. The minimum Gasteiger partial charge on any atom is -0.462 e. The van der Waals surface area contributed by atoms with Gasteiger partial charge in [-0.05, 0) is 70.6 Å². The van der Waals surface area contributed by atoms with Gasteiger partial charge in [-0.3, -0.25) is 18.6 Å². The number of hydrogen-bond acceptors (Lipinski definition) is 8. The van der Waals surface area contributed by atoms with E-state index >= 15 is 0 Å². The van der Waals surface area contributed by atoms with Crippen molar-refractivity contribution >= 4 is 19.8 Å². The van der Waals surface area contributed by atoms with Crippen LogP contribution in [0.25, 0.3) is 0 Å². The fourth-order valence-electron chi connectivity index (χ4n) is 6.38. The summed E-state index contributed by atoms with van der Waals surface area (Å²) in [5, 5.41) is 0. The van der Waals surface area contributed by atoms with E-state index in [1.54, 1.807) is 0 Å². The molecular weight excluding hydrogens is 750 g/mol. The van der Waals surface area contributed by atoms with Crippen LogP contribution in [0.3, 0.4) is 0 Å². The molecule has 0 spiro atoms. The molecule has 1 unspecified atom stereocenters. The Bertz CT molecular complexity index is 1090. The molecule has 0 heterocycles. The van der Waals surface area contributed by atoms with Gasteiger partial charge in [-0.1, -0.05) is 178 Å². The summed E-state index contributed by atoms with van der Waals surface area (Å²) in [5.74, 6) is -0.893. The van der Waals surface area contributed by atoms with Crippen LogP contribution in [0.4, 0.5) is 0 Å². The summed E-state index contributed by atoms with van der Waals surface area (Å²) in [7, 11) is -4.39. The maximum absolute atomic E-state index is 12.6. The first-order valence-electron chi connectivity index (χ1n) is 23.6. The molecule has 0 aliphatic rings. The Morgan fingerprint density at radius 2 is 0.948 bits per heavy atom. The lowest BCUT2D eigenvalue weighted by molar-refractivity contribution is -0.161. The quantitative estimate of drug-likeness (QED) is 0.0266. The Labute approximate surface area is 356 Å². The topological polar surface area (TPSA) is 134 Å². The number of carbonyl (C=O) groups is 2. The first kappa shape index (κ1) is 56.0. The normalized spacial score (nSPS) is 13.7. The molecule has 0 rings (SSSR count). The number of esters is 2. The second-order valence-corrected chi connectivity index (χ2v) is 17.1. The van der Waals surface area contributed by atoms with E-state index in [9.17, 15) is 19.0 Å². The van der Waals surface area contributed by atoms with E-state index in [1.807, 2.05) is 0 Å². The minimum absolute atomic E-state index is 0.0449. The second kappa shape index (κ2) is 44.5. The molecule has 0 bridgehead atoms. The Kier molecular flexibility index (Phi) is 43.0. The molecule has 58 heavy (non-hydrogen) atoms. The van der Waals surface area contributed by atoms with Crippen LogP contribution < -0.4 is 5.73 Å². The number of carbonyl (C=O) groups excluding carboxylic acids is 2. The Morgan fingerprint density at radius 3 is 1.48 bits per heavy atom.